The van der Waals surface area contributed by atoms with Crippen LogP contribution in [0.15, 0.2) is 60.7 Å². The monoisotopic (exact) mass is 593 g/mol. The Morgan fingerprint density at radius 1 is 0.744 bits per heavy atom. The van der Waals surface area contributed by atoms with Crippen LogP contribution in [0.3, 0.4) is 0 Å². The van der Waals surface area contributed by atoms with Gasteiger partial charge in [0, 0.05) is 18.2 Å². The van der Waals surface area contributed by atoms with Crippen LogP contribution in [0.25, 0.3) is 11.1 Å². The van der Waals surface area contributed by atoms with E-state index in [0.717, 1.165) is 17.0 Å². The van der Waals surface area contributed by atoms with Crippen molar-refractivity contribution in [2.45, 2.75) is 12.2 Å². The number of imide groups is 1. The zero-order valence-electron chi connectivity index (χ0n) is 22.8. The minimum absolute atomic E-state index is 0.0302. The number of nitrogens with zero attached hydrogens (tertiary/aromatic N) is 3. The fourth-order valence-electron chi connectivity index (χ4n) is 5.30. The number of methoxy groups -OCH3 is 1. The summed E-state index contributed by atoms with van der Waals surface area (Å²) in [4.78, 5) is 53.7. The average Bonchev–Trinajstić information content (AvgIpc) is 3.63. The minimum Gasteiger partial charge on any atom is -0.442 e. The number of hydrogen-bond donors (Lipinski definition) is 0. The first-order valence-corrected chi connectivity index (χ1v) is 13.3. The summed E-state index contributed by atoms with van der Waals surface area (Å²) < 4.78 is 51.1. The first kappa shape index (κ1) is 28.2. The molecule has 43 heavy (non-hydrogen) atoms. The van der Waals surface area contributed by atoms with Crippen LogP contribution < -0.4 is 9.80 Å². The quantitative estimate of drug-likeness (QED) is 0.206. The first-order valence-electron chi connectivity index (χ1n) is 13.3. The van der Waals surface area contributed by atoms with E-state index >= 15 is 8.78 Å². The van der Waals surface area contributed by atoms with Crippen molar-refractivity contribution in [3.05, 3.63) is 83.4 Å². The third-order valence-corrected chi connectivity index (χ3v) is 7.34. The zero-order chi connectivity index (χ0) is 30.2. The molecule has 0 radical (unpaired) electrons. The normalized spacial score (nSPS) is 19.7. The van der Waals surface area contributed by atoms with E-state index in [1.54, 1.807) is 24.3 Å². The van der Waals surface area contributed by atoms with Gasteiger partial charge in [0.1, 0.15) is 30.6 Å². The van der Waals surface area contributed by atoms with Gasteiger partial charge in [0.2, 0.25) is 0 Å². The van der Waals surface area contributed by atoms with Crippen molar-refractivity contribution in [3.8, 4) is 11.1 Å². The lowest BCUT2D eigenvalue weighted by Crippen LogP contribution is -2.38. The first-order chi connectivity index (χ1) is 20.7. The molecule has 222 valence electrons. The van der Waals surface area contributed by atoms with Crippen molar-refractivity contribution in [2.75, 3.05) is 49.9 Å². The molecule has 3 heterocycles. The number of halogens is 2. The van der Waals surface area contributed by atoms with E-state index in [2.05, 4.69) is 0 Å². The van der Waals surface area contributed by atoms with Crippen molar-refractivity contribution < 1.29 is 46.9 Å². The van der Waals surface area contributed by atoms with Gasteiger partial charge in [0.15, 0.2) is 0 Å². The number of fused-ring (bicyclic) bond motifs is 1. The van der Waals surface area contributed by atoms with E-state index in [1.807, 2.05) is 0 Å². The number of cyclic esters (lactones) is 2. The Hall–Kier alpha value is -4.88. The van der Waals surface area contributed by atoms with Gasteiger partial charge >= 0.3 is 12.2 Å². The van der Waals surface area contributed by atoms with E-state index in [4.69, 9.17) is 18.9 Å². The highest BCUT2D eigenvalue weighted by atomic mass is 19.1. The topological polar surface area (TPSA) is 115 Å². The number of carbonyl (C=O) groups excluding carboxylic acids is 4. The Balaban J connectivity index is 1.13. The molecule has 2 atom stereocenters. The summed E-state index contributed by atoms with van der Waals surface area (Å²) in [5.41, 5.74) is 0.856. The van der Waals surface area contributed by atoms with Gasteiger partial charge in [-0.25, -0.2) is 18.4 Å². The van der Waals surface area contributed by atoms with Crippen molar-refractivity contribution >= 4 is 35.4 Å². The molecule has 0 aromatic heterocycles. The van der Waals surface area contributed by atoms with Crippen molar-refractivity contribution in [3.63, 3.8) is 0 Å². The molecule has 0 aliphatic carbocycles. The Kier molecular flexibility index (Phi) is 7.50. The molecule has 11 nitrogen and oxygen atoms in total. The van der Waals surface area contributed by atoms with Crippen LogP contribution in [0.2, 0.25) is 0 Å². The lowest BCUT2D eigenvalue weighted by atomic mass is 10.0. The molecular weight excluding hydrogens is 568 g/mol. The molecule has 0 N–H and O–H groups in total. The zero-order valence-corrected chi connectivity index (χ0v) is 22.8. The second-order valence-corrected chi connectivity index (χ2v) is 10.1. The number of benzene rings is 3. The Morgan fingerprint density at radius 3 is 1.77 bits per heavy atom. The lowest BCUT2D eigenvalue weighted by molar-refractivity contribution is -0.0555. The largest absolute Gasteiger partial charge is 0.442 e. The summed E-state index contributed by atoms with van der Waals surface area (Å²) in [5, 5.41) is 0. The molecule has 0 spiro atoms. The van der Waals surface area contributed by atoms with Crippen LogP contribution in [0.5, 0.6) is 0 Å². The van der Waals surface area contributed by atoms with E-state index < -0.39 is 47.8 Å². The van der Waals surface area contributed by atoms with Crippen molar-refractivity contribution in [1.29, 1.82) is 0 Å². The Morgan fingerprint density at radius 2 is 1.26 bits per heavy atom. The summed E-state index contributed by atoms with van der Waals surface area (Å²) in [6.45, 7) is 0.111. The molecule has 13 heteroatoms. The fourth-order valence-corrected chi connectivity index (χ4v) is 5.30. The van der Waals surface area contributed by atoms with Crippen LogP contribution in [0.4, 0.5) is 29.7 Å². The molecule has 3 aromatic rings. The molecule has 0 unspecified atom stereocenters. The summed E-state index contributed by atoms with van der Waals surface area (Å²) in [5.74, 6) is -2.51. The van der Waals surface area contributed by atoms with Gasteiger partial charge in [0.05, 0.1) is 48.7 Å². The van der Waals surface area contributed by atoms with E-state index in [1.165, 1.54) is 41.2 Å². The lowest BCUT2D eigenvalue weighted by Gasteiger charge is -2.18. The van der Waals surface area contributed by atoms with Gasteiger partial charge in [-0.1, -0.05) is 12.1 Å². The van der Waals surface area contributed by atoms with Gasteiger partial charge in [-0.3, -0.25) is 24.3 Å². The molecule has 2 fully saturated rings. The van der Waals surface area contributed by atoms with E-state index in [9.17, 15) is 19.2 Å². The maximum atomic E-state index is 15.3. The van der Waals surface area contributed by atoms with Crippen LogP contribution in [0, 0.1) is 11.6 Å². The number of hydrogen-bond acceptors (Lipinski definition) is 8. The summed E-state index contributed by atoms with van der Waals surface area (Å²) in [7, 11) is 1.47. The van der Waals surface area contributed by atoms with Crippen LogP contribution in [-0.2, 0) is 18.9 Å². The summed E-state index contributed by atoms with van der Waals surface area (Å²) in [6.07, 6.45) is -2.81. The van der Waals surface area contributed by atoms with Crippen molar-refractivity contribution in [1.82, 2.24) is 4.90 Å². The predicted molar refractivity (Wildman–Crippen MR) is 147 cm³/mol. The highest BCUT2D eigenvalue weighted by Gasteiger charge is 2.41. The number of rotatable bonds is 9. The number of ether oxygens (including phenoxy) is 4. The molecular formula is C30H25F2N3O8. The SMILES string of the molecule is COCOC[C@H]1CN(c2ccc(-c3ccc(N4C[C@H](CN5C(=O)c6ccccc6C5=O)OC4=O)cc3F)c(F)c2)C(=O)O1. The van der Waals surface area contributed by atoms with Gasteiger partial charge in [-0.05, 0) is 48.5 Å². The number of anilines is 2. The highest BCUT2D eigenvalue weighted by molar-refractivity contribution is 6.21. The minimum atomic E-state index is -0.828. The molecule has 3 aromatic carbocycles. The molecule has 0 saturated carbocycles. The molecule has 3 aliphatic rings. The van der Waals surface area contributed by atoms with Gasteiger partial charge in [-0.2, -0.15) is 0 Å². The second-order valence-electron chi connectivity index (χ2n) is 10.1. The van der Waals surface area contributed by atoms with E-state index in [-0.39, 0.29) is 66.7 Å². The Bertz CT molecular complexity index is 1600. The standard InChI is InChI=1S/C30H25F2N3O8/c1-40-16-41-15-20-14-34(30(39)43-20)18-7-9-22(26(32)11-18)21-8-6-17(10-25(21)31)33-12-19(42-29(33)38)13-35-27(36)23-4-2-3-5-24(23)28(35)37/h2-11,19-20H,12-16H2,1H3/t19-,20-/m1/s1. The Labute approximate surface area is 244 Å². The second kappa shape index (κ2) is 11.4. The summed E-state index contributed by atoms with van der Waals surface area (Å²) in [6, 6.07) is 14.2. The van der Waals surface area contributed by atoms with E-state index in [0.29, 0.717) is 0 Å². The molecule has 0 bridgehead atoms. The maximum Gasteiger partial charge on any atom is 0.414 e. The van der Waals surface area contributed by atoms with Gasteiger partial charge in [0.25, 0.3) is 11.8 Å². The molecule has 3 aliphatic heterocycles. The number of amides is 4. The van der Waals surface area contributed by atoms with Gasteiger partial charge < -0.3 is 18.9 Å². The summed E-state index contributed by atoms with van der Waals surface area (Å²) >= 11 is 0. The van der Waals surface area contributed by atoms with Crippen molar-refractivity contribution in [2.24, 2.45) is 0 Å². The third-order valence-electron chi connectivity index (χ3n) is 7.34. The molecule has 6 rings (SSSR count). The highest BCUT2D eigenvalue weighted by Crippen LogP contribution is 2.34. The smallest absolute Gasteiger partial charge is 0.414 e. The van der Waals surface area contributed by atoms with Crippen LogP contribution in [0.1, 0.15) is 20.7 Å². The predicted octanol–water partition coefficient (Wildman–Crippen LogP) is 4.20. The third kappa shape index (κ3) is 5.28. The number of carbonyl (C=O) groups is 4. The maximum absolute atomic E-state index is 15.3. The molecule has 4 amide bonds. The fraction of sp³-hybridized carbons (Fsp3) is 0.267. The van der Waals surface area contributed by atoms with Crippen LogP contribution in [-0.4, -0.2) is 81.3 Å². The van der Waals surface area contributed by atoms with Crippen LogP contribution >= 0.6 is 0 Å². The van der Waals surface area contributed by atoms with Gasteiger partial charge in [-0.15, -0.1) is 0 Å². The molecule has 2 saturated heterocycles. The average molecular weight is 594 g/mol.